The van der Waals surface area contributed by atoms with Crippen LogP contribution in [0, 0.1) is 11.8 Å². The Morgan fingerprint density at radius 3 is 2.71 bits per heavy atom. The zero-order valence-electron chi connectivity index (χ0n) is 11.5. The first-order valence-electron chi connectivity index (χ1n) is 7.12. The van der Waals surface area contributed by atoms with Gasteiger partial charge in [0.1, 0.15) is 0 Å². The standard InChI is InChI=1S/C16H17NO3S/c18-15(12-5-6-13(12)16(19)20)17-8-7-10-9-21-14-4-2-1-3-11(10)14/h1-4,9,12-13H,5-8H2,(H,17,18)(H,19,20). The van der Waals surface area contributed by atoms with Crippen molar-refractivity contribution in [3.8, 4) is 0 Å². The number of nitrogens with one attached hydrogen (secondary N) is 1. The molecule has 0 saturated heterocycles. The molecule has 1 heterocycles. The van der Waals surface area contributed by atoms with Gasteiger partial charge < -0.3 is 10.4 Å². The second kappa shape index (κ2) is 5.85. The summed E-state index contributed by atoms with van der Waals surface area (Å²) in [5, 5.41) is 15.2. The molecule has 4 nitrogen and oxygen atoms in total. The fraction of sp³-hybridized carbons (Fsp3) is 0.375. The Balaban J connectivity index is 1.54. The predicted molar refractivity (Wildman–Crippen MR) is 82.4 cm³/mol. The highest BCUT2D eigenvalue weighted by molar-refractivity contribution is 7.17. The number of benzene rings is 1. The summed E-state index contributed by atoms with van der Waals surface area (Å²) in [6.07, 6.45) is 2.08. The van der Waals surface area contributed by atoms with Crippen molar-refractivity contribution in [2.24, 2.45) is 11.8 Å². The molecule has 3 rings (SSSR count). The van der Waals surface area contributed by atoms with Crippen LogP contribution >= 0.6 is 11.3 Å². The average molecular weight is 303 g/mol. The molecule has 1 aromatic heterocycles. The van der Waals surface area contributed by atoms with Crippen LogP contribution in [-0.4, -0.2) is 23.5 Å². The number of carbonyl (C=O) groups is 2. The normalized spacial score (nSPS) is 21.0. The second-order valence-electron chi connectivity index (χ2n) is 5.43. The number of amides is 1. The fourth-order valence-electron chi connectivity index (χ4n) is 2.79. The smallest absolute Gasteiger partial charge is 0.307 e. The molecule has 1 saturated carbocycles. The third kappa shape index (κ3) is 2.78. The minimum atomic E-state index is -0.856. The number of hydrogen-bond acceptors (Lipinski definition) is 3. The highest BCUT2D eigenvalue weighted by Gasteiger charge is 2.41. The zero-order chi connectivity index (χ0) is 14.8. The van der Waals surface area contributed by atoms with Gasteiger partial charge in [0.2, 0.25) is 5.91 Å². The first kappa shape index (κ1) is 14.1. The molecule has 1 amide bonds. The quantitative estimate of drug-likeness (QED) is 0.892. The minimum absolute atomic E-state index is 0.117. The number of carboxylic acids is 1. The molecule has 2 atom stereocenters. The molecule has 1 aromatic carbocycles. The molecule has 1 aliphatic carbocycles. The summed E-state index contributed by atoms with van der Waals surface area (Å²) in [5.41, 5.74) is 1.24. The van der Waals surface area contributed by atoms with Crippen molar-refractivity contribution in [3.63, 3.8) is 0 Å². The topological polar surface area (TPSA) is 66.4 Å². The molecule has 2 aromatic rings. The Morgan fingerprint density at radius 1 is 1.24 bits per heavy atom. The van der Waals surface area contributed by atoms with Crippen molar-refractivity contribution in [1.82, 2.24) is 5.32 Å². The monoisotopic (exact) mass is 303 g/mol. The summed E-state index contributed by atoms with van der Waals surface area (Å²) in [6, 6.07) is 8.22. The summed E-state index contributed by atoms with van der Waals surface area (Å²) >= 11 is 1.71. The van der Waals surface area contributed by atoms with Crippen molar-refractivity contribution in [2.75, 3.05) is 6.54 Å². The van der Waals surface area contributed by atoms with E-state index in [1.807, 2.05) is 12.1 Å². The molecule has 0 bridgehead atoms. The van der Waals surface area contributed by atoms with Gasteiger partial charge in [0.15, 0.2) is 0 Å². The van der Waals surface area contributed by atoms with Crippen LogP contribution in [0.1, 0.15) is 18.4 Å². The van der Waals surface area contributed by atoms with E-state index < -0.39 is 11.9 Å². The van der Waals surface area contributed by atoms with E-state index in [0.717, 1.165) is 6.42 Å². The molecule has 0 radical (unpaired) electrons. The molecule has 0 aliphatic heterocycles. The van der Waals surface area contributed by atoms with Crippen LogP contribution in [0.5, 0.6) is 0 Å². The van der Waals surface area contributed by atoms with Crippen LogP contribution < -0.4 is 5.32 Å². The van der Waals surface area contributed by atoms with E-state index in [2.05, 4.69) is 22.8 Å². The van der Waals surface area contributed by atoms with Gasteiger partial charge in [0.05, 0.1) is 11.8 Å². The molecule has 110 valence electrons. The van der Waals surface area contributed by atoms with Gasteiger partial charge >= 0.3 is 5.97 Å². The third-order valence-corrected chi connectivity index (χ3v) is 5.20. The fourth-order valence-corrected chi connectivity index (χ4v) is 3.78. The van der Waals surface area contributed by atoms with Crippen LogP contribution in [0.2, 0.25) is 0 Å². The van der Waals surface area contributed by atoms with Crippen LogP contribution in [0.25, 0.3) is 10.1 Å². The Hall–Kier alpha value is -1.88. The van der Waals surface area contributed by atoms with E-state index in [0.29, 0.717) is 19.4 Å². The van der Waals surface area contributed by atoms with Crippen LogP contribution in [0.3, 0.4) is 0 Å². The maximum atomic E-state index is 12.0. The summed E-state index contributed by atoms with van der Waals surface area (Å²) in [6.45, 7) is 0.558. The molecule has 1 aliphatic rings. The highest BCUT2D eigenvalue weighted by atomic mass is 32.1. The van der Waals surface area contributed by atoms with Crippen LogP contribution in [0.15, 0.2) is 29.6 Å². The van der Waals surface area contributed by atoms with Gasteiger partial charge in [-0.3, -0.25) is 9.59 Å². The molecular formula is C16H17NO3S. The number of fused-ring (bicyclic) bond motifs is 1. The molecule has 5 heteroatoms. The second-order valence-corrected chi connectivity index (χ2v) is 6.34. The Kier molecular flexibility index (Phi) is 3.92. The van der Waals surface area contributed by atoms with Gasteiger partial charge in [-0.05, 0) is 41.7 Å². The molecular weight excluding hydrogens is 286 g/mol. The van der Waals surface area contributed by atoms with Gasteiger partial charge in [0.25, 0.3) is 0 Å². The van der Waals surface area contributed by atoms with E-state index >= 15 is 0 Å². The predicted octanol–water partition coefficient (Wildman–Crippen LogP) is 2.67. The first-order chi connectivity index (χ1) is 10.2. The molecule has 21 heavy (non-hydrogen) atoms. The maximum Gasteiger partial charge on any atom is 0.307 e. The van der Waals surface area contributed by atoms with Gasteiger partial charge in [-0.2, -0.15) is 0 Å². The van der Waals surface area contributed by atoms with Gasteiger partial charge in [-0.15, -0.1) is 11.3 Å². The number of thiophene rings is 1. The number of carboxylic acid groups (broad SMARTS) is 1. The number of aliphatic carboxylic acids is 1. The lowest BCUT2D eigenvalue weighted by molar-refractivity contribution is -0.152. The van der Waals surface area contributed by atoms with E-state index in [1.165, 1.54) is 15.6 Å². The van der Waals surface area contributed by atoms with Crippen molar-refractivity contribution in [1.29, 1.82) is 0 Å². The third-order valence-electron chi connectivity index (χ3n) is 4.18. The van der Waals surface area contributed by atoms with Crippen molar-refractivity contribution in [2.45, 2.75) is 19.3 Å². The van der Waals surface area contributed by atoms with Gasteiger partial charge in [-0.1, -0.05) is 18.2 Å². The SMILES string of the molecule is O=C(O)C1CCC1C(=O)NCCc1csc2ccccc12. The molecule has 2 N–H and O–H groups in total. The average Bonchev–Trinajstić information content (AvgIpc) is 2.80. The number of hydrogen-bond donors (Lipinski definition) is 2. The Labute approximate surface area is 126 Å². The van der Waals surface area contributed by atoms with Crippen molar-refractivity contribution in [3.05, 3.63) is 35.2 Å². The highest BCUT2D eigenvalue weighted by Crippen LogP contribution is 2.34. The lowest BCUT2D eigenvalue weighted by Crippen LogP contribution is -2.44. The van der Waals surface area contributed by atoms with Gasteiger partial charge in [-0.25, -0.2) is 0 Å². The minimum Gasteiger partial charge on any atom is -0.481 e. The zero-order valence-corrected chi connectivity index (χ0v) is 12.4. The van der Waals surface area contributed by atoms with E-state index in [4.69, 9.17) is 5.11 Å². The Morgan fingerprint density at radius 2 is 2.00 bits per heavy atom. The van der Waals surface area contributed by atoms with Crippen LogP contribution in [-0.2, 0) is 16.0 Å². The molecule has 2 unspecified atom stereocenters. The van der Waals surface area contributed by atoms with E-state index in [-0.39, 0.29) is 11.8 Å². The molecule has 1 fully saturated rings. The largest absolute Gasteiger partial charge is 0.481 e. The van der Waals surface area contributed by atoms with E-state index in [1.54, 1.807) is 11.3 Å². The van der Waals surface area contributed by atoms with Crippen LogP contribution in [0.4, 0.5) is 0 Å². The lowest BCUT2D eigenvalue weighted by Gasteiger charge is -2.31. The Bertz CT molecular complexity index is 679. The summed E-state index contributed by atoms with van der Waals surface area (Å²) < 4.78 is 1.25. The summed E-state index contributed by atoms with van der Waals surface area (Å²) in [4.78, 5) is 22.9. The lowest BCUT2D eigenvalue weighted by atomic mass is 9.73. The van der Waals surface area contributed by atoms with Gasteiger partial charge in [0, 0.05) is 11.2 Å². The van der Waals surface area contributed by atoms with Crippen molar-refractivity contribution < 1.29 is 14.7 Å². The summed E-state index contributed by atoms with van der Waals surface area (Å²) in [5.74, 6) is -1.81. The molecule has 0 spiro atoms. The summed E-state index contributed by atoms with van der Waals surface area (Å²) in [7, 11) is 0. The number of carbonyl (C=O) groups excluding carboxylic acids is 1. The van der Waals surface area contributed by atoms with Crippen molar-refractivity contribution >= 4 is 33.3 Å². The first-order valence-corrected chi connectivity index (χ1v) is 8.00. The number of rotatable bonds is 5. The maximum absolute atomic E-state index is 12.0. The van der Waals surface area contributed by atoms with E-state index in [9.17, 15) is 9.59 Å².